The van der Waals surface area contributed by atoms with Crippen LogP contribution in [0.15, 0.2) is 35.9 Å². The first-order valence-electron chi connectivity index (χ1n) is 4.10. The predicted octanol–water partition coefficient (Wildman–Crippen LogP) is 2.50. The van der Waals surface area contributed by atoms with Gasteiger partial charge >= 0.3 is 0 Å². The Morgan fingerprint density at radius 1 is 1.31 bits per heavy atom. The summed E-state index contributed by atoms with van der Waals surface area (Å²) in [6.07, 6.45) is 1.97. The molecule has 0 fully saturated rings. The van der Waals surface area contributed by atoms with Gasteiger partial charge in [0.25, 0.3) is 0 Å². The Hall–Kier alpha value is -1.09. The van der Waals surface area contributed by atoms with Crippen LogP contribution < -0.4 is 10.1 Å². The third-order valence-electron chi connectivity index (χ3n) is 1.95. The maximum atomic E-state index is 5.09. The van der Waals surface area contributed by atoms with Gasteiger partial charge in [-0.25, -0.2) is 0 Å². The highest BCUT2D eigenvalue weighted by Gasteiger charge is 2.11. The lowest BCUT2D eigenvalue weighted by Crippen LogP contribution is -2.06. The molecule has 1 heterocycles. The quantitative estimate of drug-likeness (QED) is 0.779. The predicted molar refractivity (Wildman–Crippen MR) is 55.6 cm³/mol. The molecule has 0 bridgehead atoms. The Morgan fingerprint density at radius 2 is 2.08 bits per heavy atom. The van der Waals surface area contributed by atoms with Crippen molar-refractivity contribution >= 4 is 11.8 Å². The molecule has 1 aliphatic rings. The molecule has 0 saturated carbocycles. The molecule has 1 atom stereocenters. The Morgan fingerprint density at radius 3 is 2.62 bits per heavy atom. The van der Waals surface area contributed by atoms with Gasteiger partial charge in [-0.05, 0) is 23.1 Å². The van der Waals surface area contributed by atoms with Crippen LogP contribution in [0.25, 0.3) is 0 Å². The van der Waals surface area contributed by atoms with E-state index in [1.54, 1.807) is 18.9 Å². The number of methoxy groups -OCH3 is 1. The van der Waals surface area contributed by atoms with E-state index in [2.05, 4.69) is 22.9 Å². The van der Waals surface area contributed by atoms with Crippen LogP contribution in [0.2, 0.25) is 0 Å². The summed E-state index contributed by atoms with van der Waals surface area (Å²) in [4.78, 5) is 0. The molecule has 2 nitrogen and oxygen atoms in total. The van der Waals surface area contributed by atoms with E-state index in [0.717, 1.165) is 5.75 Å². The second-order valence-corrected chi connectivity index (χ2v) is 3.77. The van der Waals surface area contributed by atoms with Crippen molar-refractivity contribution in [1.82, 2.24) is 5.32 Å². The van der Waals surface area contributed by atoms with Crippen molar-refractivity contribution in [3.05, 3.63) is 41.4 Å². The molecule has 68 valence electrons. The molecule has 3 heteroatoms. The second-order valence-electron chi connectivity index (χ2n) is 2.76. The van der Waals surface area contributed by atoms with E-state index in [0.29, 0.717) is 5.37 Å². The Kier molecular flexibility index (Phi) is 2.45. The number of hydrogen-bond acceptors (Lipinski definition) is 3. The maximum absolute atomic E-state index is 5.09. The molecule has 0 radical (unpaired) electrons. The summed E-state index contributed by atoms with van der Waals surface area (Å²) in [5.74, 6) is 0.903. The average Bonchev–Trinajstić information content (AvgIpc) is 2.71. The SMILES string of the molecule is COc1ccc(C2NC=CS2)cc1. The van der Waals surface area contributed by atoms with Gasteiger partial charge < -0.3 is 10.1 Å². The maximum Gasteiger partial charge on any atom is 0.118 e. The summed E-state index contributed by atoms with van der Waals surface area (Å²) < 4.78 is 5.09. The van der Waals surface area contributed by atoms with Gasteiger partial charge in [-0.3, -0.25) is 0 Å². The molecule has 1 aromatic rings. The van der Waals surface area contributed by atoms with E-state index in [4.69, 9.17) is 4.74 Å². The third kappa shape index (κ3) is 1.80. The topological polar surface area (TPSA) is 21.3 Å². The molecule has 2 rings (SSSR count). The van der Waals surface area contributed by atoms with Gasteiger partial charge in [0.15, 0.2) is 0 Å². The van der Waals surface area contributed by atoms with Gasteiger partial charge in [-0.2, -0.15) is 0 Å². The van der Waals surface area contributed by atoms with Crippen molar-refractivity contribution in [2.75, 3.05) is 7.11 Å². The zero-order valence-electron chi connectivity index (χ0n) is 7.36. The van der Waals surface area contributed by atoms with Crippen LogP contribution in [-0.2, 0) is 0 Å². The number of benzene rings is 1. The lowest BCUT2D eigenvalue weighted by molar-refractivity contribution is 0.414. The van der Waals surface area contributed by atoms with Crippen molar-refractivity contribution < 1.29 is 4.74 Å². The molecule has 0 saturated heterocycles. The highest BCUT2D eigenvalue weighted by atomic mass is 32.2. The summed E-state index contributed by atoms with van der Waals surface area (Å²) in [5.41, 5.74) is 1.27. The molecule has 0 spiro atoms. The van der Waals surface area contributed by atoms with Crippen molar-refractivity contribution in [3.8, 4) is 5.75 Å². The lowest BCUT2D eigenvalue weighted by atomic mass is 10.2. The van der Waals surface area contributed by atoms with E-state index < -0.39 is 0 Å². The average molecular weight is 193 g/mol. The number of rotatable bonds is 2. The van der Waals surface area contributed by atoms with Gasteiger partial charge in [0, 0.05) is 6.20 Å². The number of thioether (sulfide) groups is 1. The Bertz CT molecular complexity index is 299. The molecule has 1 unspecified atom stereocenters. The Balaban J connectivity index is 2.13. The van der Waals surface area contributed by atoms with Gasteiger partial charge in [-0.15, -0.1) is 11.8 Å². The Labute approximate surface area is 82.0 Å². The standard InChI is InChI=1S/C10H11NOS/c1-12-9-4-2-8(3-5-9)10-11-6-7-13-10/h2-7,10-11H,1H3. The first-order chi connectivity index (χ1) is 6.40. The zero-order chi connectivity index (χ0) is 9.10. The molecule has 1 aliphatic heterocycles. The molecule has 1 aromatic carbocycles. The van der Waals surface area contributed by atoms with Gasteiger partial charge in [-0.1, -0.05) is 12.1 Å². The van der Waals surface area contributed by atoms with E-state index >= 15 is 0 Å². The number of hydrogen-bond donors (Lipinski definition) is 1. The minimum atomic E-state index is 0.367. The summed E-state index contributed by atoms with van der Waals surface area (Å²) in [7, 11) is 1.68. The zero-order valence-corrected chi connectivity index (χ0v) is 8.17. The van der Waals surface area contributed by atoms with Gasteiger partial charge in [0.05, 0.1) is 7.11 Å². The van der Waals surface area contributed by atoms with Crippen LogP contribution in [0, 0.1) is 0 Å². The highest BCUT2D eigenvalue weighted by Crippen LogP contribution is 2.31. The first-order valence-corrected chi connectivity index (χ1v) is 5.05. The number of ether oxygens (including phenoxy) is 1. The lowest BCUT2D eigenvalue weighted by Gasteiger charge is -2.10. The normalized spacial score (nSPS) is 19.9. The number of nitrogens with one attached hydrogen (secondary N) is 1. The fourth-order valence-electron chi connectivity index (χ4n) is 1.24. The smallest absolute Gasteiger partial charge is 0.118 e. The van der Waals surface area contributed by atoms with Crippen LogP contribution in [0.4, 0.5) is 0 Å². The first kappa shape index (κ1) is 8.51. The minimum Gasteiger partial charge on any atom is -0.497 e. The summed E-state index contributed by atoms with van der Waals surface area (Å²) >= 11 is 1.78. The molecule has 0 aromatic heterocycles. The molecule has 13 heavy (non-hydrogen) atoms. The van der Waals surface area contributed by atoms with E-state index in [9.17, 15) is 0 Å². The largest absolute Gasteiger partial charge is 0.497 e. The van der Waals surface area contributed by atoms with E-state index in [1.165, 1.54) is 5.56 Å². The van der Waals surface area contributed by atoms with Gasteiger partial charge in [0.2, 0.25) is 0 Å². The van der Waals surface area contributed by atoms with Crippen molar-refractivity contribution in [2.24, 2.45) is 0 Å². The fourth-order valence-corrected chi connectivity index (χ4v) is 2.02. The molecule has 0 amide bonds. The van der Waals surface area contributed by atoms with Gasteiger partial charge in [0.1, 0.15) is 11.1 Å². The monoisotopic (exact) mass is 193 g/mol. The molecule has 0 aliphatic carbocycles. The second kappa shape index (κ2) is 3.75. The summed E-state index contributed by atoms with van der Waals surface area (Å²) in [6.45, 7) is 0. The summed E-state index contributed by atoms with van der Waals surface area (Å²) in [6, 6.07) is 8.12. The third-order valence-corrected chi connectivity index (χ3v) is 2.92. The minimum absolute atomic E-state index is 0.367. The van der Waals surface area contributed by atoms with E-state index in [-0.39, 0.29) is 0 Å². The highest BCUT2D eigenvalue weighted by molar-refractivity contribution is 8.02. The molecule has 1 N–H and O–H groups in total. The van der Waals surface area contributed by atoms with Crippen molar-refractivity contribution in [3.63, 3.8) is 0 Å². The van der Waals surface area contributed by atoms with Crippen LogP contribution in [0.5, 0.6) is 5.75 Å². The van der Waals surface area contributed by atoms with Crippen LogP contribution in [0.1, 0.15) is 10.9 Å². The van der Waals surface area contributed by atoms with Crippen LogP contribution in [0.3, 0.4) is 0 Å². The summed E-state index contributed by atoms with van der Waals surface area (Å²) in [5, 5.41) is 5.68. The van der Waals surface area contributed by atoms with E-state index in [1.807, 2.05) is 18.3 Å². The van der Waals surface area contributed by atoms with Crippen LogP contribution >= 0.6 is 11.8 Å². The molecular formula is C10H11NOS. The fraction of sp³-hybridized carbons (Fsp3) is 0.200. The van der Waals surface area contributed by atoms with Crippen molar-refractivity contribution in [1.29, 1.82) is 0 Å². The van der Waals surface area contributed by atoms with Crippen LogP contribution in [-0.4, -0.2) is 7.11 Å². The van der Waals surface area contributed by atoms with Crippen molar-refractivity contribution in [2.45, 2.75) is 5.37 Å². The molecular weight excluding hydrogens is 182 g/mol.